The number of amides is 1. The molecule has 2 N–H and O–H groups in total. The maximum atomic E-state index is 11.6. The minimum Gasteiger partial charge on any atom is -0.507 e. The zero-order chi connectivity index (χ0) is 11.5. The summed E-state index contributed by atoms with van der Waals surface area (Å²) in [6, 6.07) is 4.94. The Morgan fingerprint density at radius 3 is 2.75 bits per heavy atom. The molecule has 1 amide bonds. The van der Waals surface area contributed by atoms with Crippen LogP contribution in [-0.4, -0.2) is 16.7 Å². The summed E-state index contributed by atoms with van der Waals surface area (Å²) in [6.07, 6.45) is 3.06. The standard InChI is InChI=1S/C12H14N2O2/c1-8-5-6-10(11(15)7-8)12(16)14-13-9-3-2-4-9/h5-7,15H,2-4H2,1H3,(H,14,16). The predicted molar refractivity (Wildman–Crippen MR) is 61.6 cm³/mol. The van der Waals surface area contributed by atoms with Gasteiger partial charge in [-0.2, -0.15) is 5.10 Å². The molecule has 0 heterocycles. The van der Waals surface area contributed by atoms with Crippen molar-refractivity contribution in [1.29, 1.82) is 0 Å². The number of hydrazone groups is 1. The van der Waals surface area contributed by atoms with Gasteiger partial charge in [0.15, 0.2) is 0 Å². The number of aromatic hydroxyl groups is 1. The number of carbonyl (C=O) groups is 1. The minimum atomic E-state index is -0.364. The lowest BCUT2D eigenvalue weighted by Crippen LogP contribution is -2.22. The third-order valence-corrected chi connectivity index (χ3v) is 2.64. The Morgan fingerprint density at radius 1 is 1.44 bits per heavy atom. The van der Waals surface area contributed by atoms with Gasteiger partial charge in [-0.3, -0.25) is 4.79 Å². The molecule has 0 atom stereocenters. The maximum Gasteiger partial charge on any atom is 0.275 e. The van der Waals surface area contributed by atoms with Crippen LogP contribution in [0.3, 0.4) is 0 Å². The van der Waals surface area contributed by atoms with Gasteiger partial charge >= 0.3 is 0 Å². The van der Waals surface area contributed by atoms with Crippen molar-refractivity contribution in [2.24, 2.45) is 5.10 Å². The Bertz CT molecular complexity index is 446. The smallest absolute Gasteiger partial charge is 0.275 e. The van der Waals surface area contributed by atoms with E-state index in [1.54, 1.807) is 18.2 Å². The summed E-state index contributed by atoms with van der Waals surface area (Å²) in [6.45, 7) is 1.86. The molecule has 0 bridgehead atoms. The minimum absolute atomic E-state index is 0.00805. The van der Waals surface area contributed by atoms with Gasteiger partial charge in [0.05, 0.1) is 5.56 Å². The summed E-state index contributed by atoms with van der Waals surface area (Å²) >= 11 is 0. The molecule has 0 aliphatic heterocycles. The SMILES string of the molecule is Cc1ccc(C(=O)NN=C2CCC2)c(O)c1. The second-order valence-electron chi connectivity index (χ2n) is 3.99. The first-order valence-electron chi connectivity index (χ1n) is 5.32. The number of phenolic OH excluding ortho intramolecular Hbond substituents is 1. The molecule has 1 aliphatic rings. The number of rotatable bonds is 2. The molecule has 16 heavy (non-hydrogen) atoms. The van der Waals surface area contributed by atoms with E-state index in [1.165, 1.54) is 0 Å². The number of carbonyl (C=O) groups excluding carboxylic acids is 1. The van der Waals surface area contributed by atoms with Crippen molar-refractivity contribution in [3.05, 3.63) is 29.3 Å². The van der Waals surface area contributed by atoms with Crippen LogP contribution in [0.1, 0.15) is 35.2 Å². The Kier molecular flexibility index (Phi) is 2.90. The average Bonchev–Trinajstić information content (AvgIpc) is 2.14. The lowest BCUT2D eigenvalue weighted by atomic mass is 9.98. The van der Waals surface area contributed by atoms with Crippen LogP contribution in [0.5, 0.6) is 5.75 Å². The fourth-order valence-electron chi connectivity index (χ4n) is 1.47. The molecule has 4 nitrogen and oxygen atoms in total. The Labute approximate surface area is 94.0 Å². The van der Waals surface area contributed by atoms with Gasteiger partial charge in [0, 0.05) is 5.71 Å². The monoisotopic (exact) mass is 218 g/mol. The highest BCUT2D eigenvalue weighted by Gasteiger charge is 2.13. The van der Waals surface area contributed by atoms with E-state index < -0.39 is 0 Å². The molecule has 0 saturated heterocycles. The van der Waals surface area contributed by atoms with Crippen LogP contribution >= 0.6 is 0 Å². The molecule has 1 saturated carbocycles. The largest absolute Gasteiger partial charge is 0.507 e. The normalized spacial score (nSPS) is 14.2. The van der Waals surface area contributed by atoms with Crippen LogP contribution in [0.25, 0.3) is 0 Å². The number of hydrogen-bond acceptors (Lipinski definition) is 3. The van der Waals surface area contributed by atoms with Crippen LogP contribution < -0.4 is 5.43 Å². The van der Waals surface area contributed by atoms with Crippen LogP contribution in [0, 0.1) is 6.92 Å². The molecule has 4 heteroatoms. The number of nitrogens with one attached hydrogen (secondary N) is 1. The van der Waals surface area contributed by atoms with E-state index >= 15 is 0 Å². The summed E-state index contributed by atoms with van der Waals surface area (Å²) < 4.78 is 0. The van der Waals surface area contributed by atoms with E-state index in [-0.39, 0.29) is 17.2 Å². The van der Waals surface area contributed by atoms with Crippen LogP contribution in [0.15, 0.2) is 23.3 Å². The number of aryl methyl sites for hydroxylation is 1. The quantitative estimate of drug-likeness (QED) is 0.745. The van der Waals surface area contributed by atoms with Gasteiger partial charge in [-0.1, -0.05) is 6.07 Å². The van der Waals surface area contributed by atoms with Gasteiger partial charge in [0.1, 0.15) is 5.75 Å². The van der Waals surface area contributed by atoms with Crippen molar-refractivity contribution >= 4 is 11.6 Å². The van der Waals surface area contributed by atoms with E-state index in [1.807, 2.05) is 6.92 Å². The second-order valence-corrected chi connectivity index (χ2v) is 3.99. The molecule has 1 aliphatic carbocycles. The van der Waals surface area contributed by atoms with Gasteiger partial charge in [0.25, 0.3) is 5.91 Å². The summed E-state index contributed by atoms with van der Waals surface area (Å²) in [4.78, 5) is 11.6. The third-order valence-electron chi connectivity index (χ3n) is 2.64. The third kappa shape index (κ3) is 2.21. The Morgan fingerprint density at radius 2 is 2.19 bits per heavy atom. The molecule has 1 aromatic rings. The molecule has 1 aromatic carbocycles. The molecule has 2 rings (SSSR count). The number of benzene rings is 1. The summed E-state index contributed by atoms with van der Waals surface area (Å²) in [7, 11) is 0. The van der Waals surface area contributed by atoms with Gasteiger partial charge in [-0.05, 0) is 43.9 Å². The zero-order valence-corrected chi connectivity index (χ0v) is 9.16. The van der Waals surface area contributed by atoms with Gasteiger partial charge in [-0.25, -0.2) is 5.43 Å². The lowest BCUT2D eigenvalue weighted by molar-refractivity contribution is 0.0952. The summed E-state index contributed by atoms with van der Waals surface area (Å²) in [5, 5.41) is 13.6. The van der Waals surface area contributed by atoms with Crippen LogP contribution in [-0.2, 0) is 0 Å². The molecule has 0 spiro atoms. The predicted octanol–water partition coefficient (Wildman–Crippen LogP) is 1.97. The Hall–Kier alpha value is -1.84. The Balaban J connectivity index is 2.08. The fraction of sp³-hybridized carbons (Fsp3) is 0.333. The fourth-order valence-corrected chi connectivity index (χ4v) is 1.47. The van der Waals surface area contributed by atoms with E-state index in [4.69, 9.17) is 0 Å². The lowest BCUT2D eigenvalue weighted by Gasteiger charge is -2.14. The first-order chi connectivity index (χ1) is 7.66. The number of nitrogens with zero attached hydrogens (tertiary/aromatic N) is 1. The summed E-state index contributed by atoms with van der Waals surface area (Å²) in [5.74, 6) is -0.372. The molecule has 0 aromatic heterocycles. The highest BCUT2D eigenvalue weighted by molar-refractivity contribution is 5.98. The van der Waals surface area contributed by atoms with Crippen molar-refractivity contribution in [2.45, 2.75) is 26.2 Å². The molecule has 0 radical (unpaired) electrons. The second kappa shape index (κ2) is 4.35. The van der Waals surface area contributed by atoms with Crippen LogP contribution in [0.2, 0.25) is 0 Å². The van der Waals surface area contributed by atoms with Crippen molar-refractivity contribution in [3.8, 4) is 5.75 Å². The number of hydrogen-bond donors (Lipinski definition) is 2. The molecular weight excluding hydrogens is 204 g/mol. The van der Waals surface area contributed by atoms with Gasteiger partial charge < -0.3 is 5.11 Å². The highest BCUT2D eigenvalue weighted by Crippen LogP contribution is 2.18. The molecule has 84 valence electrons. The van der Waals surface area contributed by atoms with Crippen molar-refractivity contribution in [3.63, 3.8) is 0 Å². The average molecular weight is 218 g/mol. The van der Waals surface area contributed by atoms with Crippen molar-refractivity contribution < 1.29 is 9.90 Å². The summed E-state index contributed by atoms with van der Waals surface area (Å²) in [5.41, 5.74) is 4.64. The number of phenols is 1. The first-order valence-corrected chi connectivity index (χ1v) is 5.32. The molecule has 1 fully saturated rings. The van der Waals surface area contributed by atoms with Crippen molar-refractivity contribution in [1.82, 2.24) is 5.43 Å². The zero-order valence-electron chi connectivity index (χ0n) is 9.16. The molecule has 0 unspecified atom stereocenters. The topological polar surface area (TPSA) is 61.7 Å². The van der Waals surface area contributed by atoms with E-state index in [9.17, 15) is 9.90 Å². The molecular formula is C12H14N2O2. The first kappa shape index (κ1) is 10.7. The van der Waals surface area contributed by atoms with Gasteiger partial charge in [-0.15, -0.1) is 0 Å². The van der Waals surface area contributed by atoms with Crippen LogP contribution in [0.4, 0.5) is 0 Å². The van der Waals surface area contributed by atoms with Gasteiger partial charge in [0.2, 0.25) is 0 Å². The highest BCUT2D eigenvalue weighted by atomic mass is 16.3. The maximum absolute atomic E-state index is 11.6. The van der Waals surface area contributed by atoms with E-state index in [0.717, 1.165) is 30.5 Å². The van der Waals surface area contributed by atoms with E-state index in [2.05, 4.69) is 10.5 Å². The van der Waals surface area contributed by atoms with Crippen molar-refractivity contribution in [2.75, 3.05) is 0 Å². The van der Waals surface area contributed by atoms with E-state index in [0.29, 0.717) is 0 Å².